The van der Waals surface area contributed by atoms with Gasteiger partial charge in [0.15, 0.2) is 5.96 Å². The van der Waals surface area contributed by atoms with Crippen molar-refractivity contribution < 1.29 is 18.0 Å². The maximum atomic E-state index is 13.0. The monoisotopic (exact) mass is 478 g/mol. The number of piperidine rings is 1. The summed E-state index contributed by atoms with van der Waals surface area (Å²) in [6, 6.07) is 7.79. The van der Waals surface area contributed by atoms with E-state index in [1.807, 2.05) is 6.07 Å². The molecule has 1 aromatic rings. The Bertz CT molecular complexity index is 947. The summed E-state index contributed by atoms with van der Waals surface area (Å²) in [4.78, 5) is 29.0. The van der Waals surface area contributed by atoms with Gasteiger partial charge in [-0.2, -0.15) is 0 Å². The minimum Gasteiger partial charge on any atom is -0.370 e. The number of amides is 2. The van der Waals surface area contributed by atoms with Gasteiger partial charge in [-0.05, 0) is 38.2 Å². The molecule has 5 N–H and O–H groups in total. The van der Waals surface area contributed by atoms with E-state index in [0.29, 0.717) is 44.6 Å². The first-order chi connectivity index (χ1) is 15.7. The third-order valence-corrected chi connectivity index (χ3v) is 7.73. The van der Waals surface area contributed by atoms with Crippen molar-refractivity contribution in [3.63, 3.8) is 0 Å². The first kappa shape index (κ1) is 25.0. The molecule has 33 heavy (non-hydrogen) atoms. The molecule has 0 spiro atoms. The molecule has 2 aliphatic heterocycles. The maximum absolute atomic E-state index is 13.0. The minimum absolute atomic E-state index is 0.0301. The van der Waals surface area contributed by atoms with Gasteiger partial charge in [0.05, 0.1) is 11.8 Å². The SMILES string of the molecule is CC(NS(=O)(=O)Cc1ccccc1)C(=O)N1CCCC1CNC(=O)C1CCN(C(=N)N)CC1. The Morgan fingerprint density at radius 1 is 1.15 bits per heavy atom. The van der Waals surface area contributed by atoms with E-state index in [9.17, 15) is 18.0 Å². The highest BCUT2D eigenvalue weighted by atomic mass is 32.2. The predicted octanol–water partition coefficient (Wildman–Crippen LogP) is 0.207. The molecule has 0 aliphatic carbocycles. The fourth-order valence-electron chi connectivity index (χ4n) is 4.49. The Morgan fingerprint density at radius 3 is 2.45 bits per heavy atom. The number of nitrogens with one attached hydrogen (secondary N) is 3. The number of rotatable bonds is 8. The molecule has 2 atom stereocenters. The molecule has 1 aromatic carbocycles. The Morgan fingerprint density at radius 2 is 1.82 bits per heavy atom. The lowest BCUT2D eigenvalue weighted by molar-refractivity contribution is -0.134. The summed E-state index contributed by atoms with van der Waals surface area (Å²) in [6.45, 7) is 3.62. The van der Waals surface area contributed by atoms with Crippen molar-refractivity contribution in [1.29, 1.82) is 5.41 Å². The van der Waals surface area contributed by atoms with Gasteiger partial charge in [0.1, 0.15) is 0 Å². The van der Waals surface area contributed by atoms with Crippen LogP contribution in [0.2, 0.25) is 0 Å². The molecule has 2 heterocycles. The van der Waals surface area contributed by atoms with Crippen LogP contribution in [-0.2, 0) is 25.4 Å². The van der Waals surface area contributed by atoms with Gasteiger partial charge in [-0.25, -0.2) is 13.1 Å². The third-order valence-electron chi connectivity index (χ3n) is 6.30. The molecule has 0 bridgehead atoms. The molecule has 0 saturated carbocycles. The first-order valence-corrected chi connectivity index (χ1v) is 13.0. The molecule has 2 aliphatic rings. The van der Waals surface area contributed by atoms with Gasteiger partial charge >= 0.3 is 0 Å². The van der Waals surface area contributed by atoms with Crippen LogP contribution in [0.1, 0.15) is 38.2 Å². The number of benzene rings is 1. The zero-order valence-corrected chi connectivity index (χ0v) is 19.8. The van der Waals surface area contributed by atoms with Crippen molar-refractivity contribution in [3.05, 3.63) is 35.9 Å². The second-order valence-electron chi connectivity index (χ2n) is 8.80. The van der Waals surface area contributed by atoms with Crippen molar-refractivity contribution >= 4 is 27.8 Å². The van der Waals surface area contributed by atoms with Crippen LogP contribution in [0.4, 0.5) is 0 Å². The number of guanidine groups is 1. The molecule has 2 amide bonds. The van der Waals surface area contributed by atoms with Crippen LogP contribution in [0.15, 0.2) is 30.3 Å². The molecule has 3 rings (SSSR count). The van der Waals surface area contributed by atoms with E-state index in [2.05, 4.69) is 10.0 Å². The van der Waals surface area contributed by atoms with Gasteiger partial charge in [-0.15, -0.1) is 0 Å². The summed E-state index contributed by atoms with van der Waals surface area (Å²) in [5.41, 5.74) is 6.16. The van der Waals surface area contributed by atoms with Crippen LogP contribution >= 0.6 is 0 Å². The highest BCUT2D eigenvalue weighted by Gasteiger charge is 2.34. The number of hydrogen-bond donors (Lipinski definition) is 4. The topological polar surface area (TPSA) is 149 Å². The number of likely N-dealkylation sites (tertiary alicyclic amines) is 2. The van der Waals surface area contributed by atoms with Crippen molar-refractivity contribution in [2.45, 2.75) is 50.4 Å². The Labute approximate surface area is 195 Å². The molecule has 2 saturated heterocycles. The smallest absolute Gasteiger partial charge is 0.240 e. The summed E-state index contributed by atoms with van der Waals surface area (Å²) in [6.07, 6.45) is 2.85. The average molecular weight is 479 g/mol. The number of carbonyl (C=O) groups excluding carboxylic acids is 2. The lowest BCUT2D eigenvalue weighted by atomic mass is 9.96. The summed E-state index contributed by atoms with van der Waals surface area (Å²) in [5, 5.41) is 10.5. The molecule has 182 valence electrons. The quantitative estimate of drug-likeness (QED) is 0.310. The molecular formula is C22H34N6O4S. The van der Waals surface area contributed by atoms with Crippen LogP contribution in [0, 0.1) is 11.3 Å². The number of hydrogen-bond acceptors (Lipinski definition) is 5. The number of nitrogens with zero attached hydrogens (tertiary/aromatic N) is 2. The molecular weight excluding hydrogens is 444 g/mol. The fraction of sp³-hybridized carbons (Fsp3) is 0.591. The maximum Gasteiger partial charge on any atom is 0.240 e. The number of carbonyl (C=O) groups is 2. The predicted molar refractivity (Wildman–Crippen MR) is 126 cm³/mol. The molecule has 11 heteroatoms. The van der Waals surface area contributed by atoms with Gasteiger partial charge in [0.25, 0.3) is 0 Å². The molecule has 0 aromatic heterocycles. The average Bonchev–Trinajstić information content (AvgIpc) is 3.25. The van der Waals surface area contributed by atoms with E-state index in [0.717, 1.165) is 12.8 Å². The Hall–Kier alpha value is -2.66. The van der Waals surface area contributed by atoms with Crippen LogP contribution in [0.3, 0.4) is 0 Å². The Kier molecular flexibility index (Phi) is 8.30. The van der Waals surface area contributed by atoms with Crippen LogP contribution in [-0.4, -0.2) is 74.3 Å². The highest BCUT2D eigenvalue weighted by molar-refractivity contribution is 7.88. The zero-order valence-electron chi connectivity index (χ0n) is 19.0. The normalized spacial score (nSPS) is 20.5. The number of sulfonamides is 1. The van der Waals surface area contributed by atoms with Gasteiger partial charge in [-0.1, -0.05) is 30.3 Å². The molecule has 0 radical (unpaired) electrons. The van der Waals surface area contributed by atoms with E-state index in [1.165, 1.54) is 0 Å². The lowest BCUT2D eigenvalue weighted by Crippen LogP contribution is -2.52. The Balaban J connectivity index is 1.49. The van der Waals surface area contributed by atoms with Gasteiger partial charge in [-0.3, -0.25) is 15.0 Å². The van der Waals surface area contributed by atoms with E-state index in [1.54, 1.807) is 41.0 Å². The number of nitrogens with two attached hydrogens (primary N) is 1. The first-order valence-electron chi connectivity index (χ1n) is 11.4. The fourth-order valence-corrected chi connectivity index (χ4v) is 5.84. The van der Waals surface area contributed by atoms with Crippen LogP contribution < -0.4 is 15.8 Å². The van der Waals surface area contributed by atoms with Crippen molar-refractivity contribution in [3.8, 4) is 0 Å². The third kappa shape index (κ3) is 6.91. The summed E-state index contributed by atoms with van der Waals surface area (Å²) < 4.78 is 27.5. The second-order valence-corrected chi connectivity index (χ2v) is 10.6. The van der Waals surface area contributed by atoms with Crippen LogP contribution in [0.5, 0.6) is 0 Å². The molecule has 10 nitrogen and oxygen atoms in total. The lowest BCUT2D eigenvalue weighted by Gasteiger charge is -2.32. The van der Waals surface area contributed by atoms with Gasteiger partial charge in [0.2, 0.25) is 21.8 Å². The highest BCUT2D eigenvalue weighted by Crippen LogP contribution is 2.20. The molecule has 2 fully saturated rings. The van der Waals surface area contributed by atoms with Gasteiger partial charge in [0, 0.05) is 38.1 Å². The zero-order chi connectivity index (χ0) is 24.0. The second kappa shape index (κ2) is 11.0. The standard InChI is InChI=1S/C22H34N6O4S/c1-16(26-33(31,32)15-17-6-3-2-4-7-17)21(30)28-11-5-8-19(28)14-25-20(29)18-9-12-27(13-10-18)22(23)24/h2-4,6-7,16,18-19,26H,5,8-15H2,1H3,(H3,23,24)(H,25,29). The van der Waals surface area contributed by atoms with Crippen LogP contribution in [0.25, 0.3) is 0 Å². The summed E-state index contributed by atoms with van der Waals surface area (Å²) >= 11 is 0. The summed E-state index contributed by atoms with van der Waals surface area (Å²) in [7, 11) is -3.67. The van der Waals surface area contributed by atoms with Crippen molar-refractivity contribution in [2.75, 3.05) is 26.2 Å². The molecule has 2 unspecified atom stereocenters. The van der Waals surface area contributed by atoms with Gasteiger partial charge < -0.3 is 20.9 Å². The van der Waals surface area contributed by atoms with E-state index in [-0.39, 0.29) is 35.5 Å². The van der Waals surface area contributed by atoms with E-state index >= 15 is 0 Å². The largest absolute Gasteiger partial charge is 0.370 e. The summed E-state index contributed by atoms with van der Waals surface area (Å²) in [5.74, 6) is -0.613. The van der Waals surface area contributed by atoms with E-state index < -0.39 is 16.1 Å². The minimum atomic E-state index is -3.67. The van der Waals surface area contributed by atoms with Crippen molar-refractivity contribution in [1.82, 2.24) is 19.8 Å². The van der Waals surface area contributed by atoms with Crippen molar-refractivity contribution in [2.24, 2.45) is 11.7 Å². The van der Waals surface area contributed by atoms with E-state index in [4.69, 9.17) is 11.1 Å².